The van der Waals surface area contributed by atoms with Crippen LogP contribution in [-0.2, 0) is 5.75 Å². The molecule has 0 bridgehead atoms. The van der Waals surface area contributed by atoms with Gasteiger partial charge in [-0.25, -0.2) is 0 Å². The molecule has 5 heteroatoms. The van der Waals surface area contributed by atoms with Crippen molar-refractivity contribution in [2.45, 2.75) is 10.6 Å². The Hall–Kier alpha value is -1.46. The molecule has 104 valence electrons. The largest absolute Gasteiger partial charge is 0.496 e. The highest BCUT2D eigenvalue weighted by Crippen LogP contribution is 2.27. The molecule has 3 nitrogen and oxygen atoms in total. The molecule has 0 unspecified atom stereocenters. The van der Waals surface area contributed by atoms with Crippen LogP contribution in [0.5, 0.6) is 5.75 Å². The Bertz CT molecular complexity index is 631. The molecule has 0 fully saturated rings. The van der Waals surface area contributed by atoms with Crippen LogP contribution in [-0.4, -0.2) is 12.9 Å². The van der Waals surface area contributed by atoms with Gasteiger partial charge in [-0.15, -0.1) is 11.8 Å². The summed E-state index contributed by atoms with van der Waals surface area (Å²) in [5, 5.41) is 7.59. The monoisotopic (exact) mass is 350 g/mol. The SMILES string of the molecule is COc1ccc(CSc2cccc(Br)c2)cc1C(=N)N. The van der Waals surface area contributed by atoms with Crippen LogP contribution in [0.4, 0.5) is 0 Å². The molecule has 0 saturated carbocycles. The van der Waals surface area contributed by atoms with Crippen molar-refractivity contribution in [3.05, 3.63) is 58.1 Å². The fourth-order valence-corrected chi connectivity index (χ4v) is 3.23. The molecule has 0 amide bonds. The smallest absolute Gasteiger partial charge is 0.129 e. The zero-order valence-electron chi connectivity index (χ0n) is 11.0. The first-order valence-corrected chi connectivity index (χ1v) is 7.77. The number of rotatable bonds is 5. The molecule has 0 atom stereocenters. The van der Waals surface area contributed by atoms with Crippen LogP contribution in [0.3, 0.4) is 0 Å². The summed E-state index contributed by atoms with van der Waals surface area (Å²) in [5.74, 6) is 1.48. The zero-order chi connectivity index (χ0) is 14.5. The molecule has 2 aromatic carbocycles. The number of nitrogens with two attached hydrogens (primary N) is 1. The number of ether oxygens (including phenoxy) is 1. The number of thioether (sulfide) groups is 1. The molecule has 3 N–H and O–H groups in total. The Morgan fingerprint density at radius 1 is 1.30 bits per heavy atom. The van der Waals surface area contributed by atoms with Crippen molar-refractivity contribution in [2.24, 2.45) is 5.73 Å². The molecule has 2 aromatic rings. The number of hydrogen-bond donors (Lipinski definition) is 2. The summed E-state index contributed by atoms with van der Waals surface area (Å²) in [6.45, 7) is 0. The van der Waals surface area contributed by atoms with E-state index < -0.39 is 0 Å². The molecule has 0 radical (unpaired) electrons. The minimum atomic E-state index is 0.0242. The maximum atomic E-state index is 7.59. The molecule has 0 aromatic heterocycles. The average molecular weight is 351 g/mol. The third-order valence-corrected chi connectivity index (χ3v) is 4.31. The first-order chi connectivity index (χ1) is 9.60. The molecule has 0 aliphatic heterocycles. The second-order valence-electron chi connectivity index (χ2n) is 4.19. The minimum Gasteiger partial charge on any atom is -0.496 e. The van der Waals surface area contributed by atoms with Crippen molar-refractivity contribution >= 4 is 33.5 Å². The van der Waals surface area contributed by atoms with Crippen molar-refractivity contribution in [1.29, 1.82) is 5.41 Å². The highest BCUT2D eigenvalue weighted by molar-refractivity contribution is 9.10. The number of methoxy groups -OCH3 is 1. The van der Waals surface area contributed by atoms with Gasteiger partial charge in [0.2, 0.25) is 0 Å². The standard InChI is InChI=1S/C15H15BrN2OS/c1-19-14-6-5-10(7-13(14)15(17)18)9-20-12-4-2-3-11(16)8-12/h2-8H,9H2,1H3,(H3,17,18). The lowest BCUT2D eigenvalue weighted by molar-refractivity contribution is 0.413. The van der Waals surface area contributed by atoms with Crippen LogP contribution in [0.15, 0.2) is 51.8 Å². The van der Waals surface area contributed by atoms with E-state index in [0.29, 0.717) is 11.3 Å². The van der Waals surface area contributed by atoms with Gasteiger partial charge in [0, 0.05) is 15.1 Å². The van der Waals surface area contributed by atoms with E-state index in [4.69, 9.17) is 15.9 Å². The predicted molar refractivity (Wildman–Crippen MR) is 87.7 cm³/mol. The number of nitrogens with one attached hydrogen (secondary N) is 1. The molecule has 0 heterocycles. The molecule has 0 spiro atoms. The quantitative estimate of drug-likeness (QED) is 0.486. The van der Waals surface area contributed by atoms with E-state index in [1.807, 2.05) is 30.3 Å². The summed E-state index contributed by atoms with van der Waals surface area (Å²) in [4.78, 5) is 1.19. The first-order valence-electron chi connectivity index (χ1n) is 6.00. The lowest BCUT2D eigenvalue weighted by atomic mass is 10.1. The third-order valence-electron chi connectivity index (χ3n) is 2.76. The lowest BCUT2D eigenvalue weighted by Gasteiger charge is -2.09. The molecule has 0 aliphatic rings. The van der Waals surface area contributed by atoms with Gasteiger partial charge in [-0.05, 0) is 35.9 Å². The van der Waals surface area contributed by atoms with E-state index in [9.17, 15) is 0 Å². The summed E-state index contributed by atoms with van der Waals surface area (Å²) in [5.41, 5.74) is 7.33. The van der Waals surface area contributed by atoms with E-state index in [-0.39, 0.29) is 5.84 Å². The predicted octanol–water partition coefficient (Wildman–Crippen LogP) is 4.03. The molecular weight excluding hydrogens is 336 g/mol. The Morgan fingerprint density at radius 2 is 2.10 bits per heavy atom. The fourth-order valence-electron chi connectivity index (χ4n) is 1.78. The van der Waals surface area contributed by atoms with Crippen LogP contribution in [0.2, 0.25) is 0 Å². The minimum absolute atomic E-state index is 0.0242. The van der Waals surface area contributed by atoms with Crippen molar-refractivity contribution in [3.63, 3.8) is 0 Å². The summed E-state index contributed by atoms with van der Waals surface area (Å²) in [6, 6.07) is 13.9. The average Bonchev–Trinajstić information content (AvgIpc) is 2.45. The van der Waals surface area contributed by atoms with Crippen molar-refractivity contribution in [1.82, 2.24) is 0 Å². The molecule has 0 saturated heterocycles. The Kier molecular flexibility index (Phi) is 5.09. The van der Waals surface area contributed by atoms with Crippen LogP contribution in [0.25, 0.3) is 0 Å². The van der Waals surface area contributed by atoms with Gasteiger partial charge in [0.1, 0.15) is 11.6 Å². The van der Waals surface area contributed by atoms with Gasteiger partial charge in [-0.2, -0.15) is 0 Å². The second-order valence-corrected chi connectivity index (χ2v) is 6.16. The van der Waals surface area contributed by atoms with Gasteiger partial charge in [0.15, 0.2) is 0 Å². The molecule has 0 aliphatic carbocycles. The molecular formula is C15H15BrN2OS. The van der Waals surface area contributed by atoms with Crippen LogP contribution in [0.1, 0.15) is 11.1 Å². The first kappa shape index (κ1) is 14.9. The number of nitrogen functional groups attached to an aromatic ring is 1. The van der Waals surface area contributed by atoms with Gasteiger partial charge in [0.05, 0.1) is 12.7 Å². The van der Waals surface area contributed by atoms with Crippen molar-refractivity contribution in [3.8, 4) is 5.75 Å². The number of benzene rings is 2. The maximum absolute atomic E-state index is 7.59. The summed E-state index contributed by atoms with van der Waals surface area (Å²) < 4.78 is 6.28. The molecule has 20 heavy (non-hydrogen) atoms. The normalized spacial score (nSPS) is 10.3. The number of halogens is 1. The van der Waals surface area contributed by atoms with Crippen LogP contribution >= 0.6 is 27.7 Å². The third kappa shape index (κ3) is 3.77. The summed E-state index contributed by atoms with van der Waals surface area (Å²) in [7, 11) is 1.58. The van der Waals surface area contributed by atoms with Crippen molar-refractivity contribution < 1.29 is 4.74 Å². The summed E-state index contributed by atoms with van der Waals surface area (Å²) in [6.07, 6.45) is 0. The number of hydrogen-bond acceptors (Lipinski definition) is 3. The van der Waals surface area contributed by atoms with E-state index in [1.54, 1.807) is 18.9 Å². The lowest BCUT2D eigenvalue weighted by Crippen LogP contribution is -2.12. The van der Waals surface area contributed by atoms with Crippen molar-refractivity contribution in [2.75, 3.05) is 7.11 Å². The van der Waals surface area contributed by atoms with E-state index in [0.717, 1.165) is 15.8 Å². The van der Waals surface area contributed by atoms with E-state index in [1.165, 1.54) is 4.90 Å². The Balaban J connectivity index is 2.14. The van der Waals surface area contributed by atoms with Gasteiger partial charge in [-0.1, -0.05) is 28.1 Å². The maximum Gasteiger partial charge on any atom is 0.129 e. The zero-order valence-corrected chi connectivity index (χ0v) is 13.4. The highest BCUT2D eigenvalue weighted by Gasteiger charge is 2.07. The van der Waals surface area contributed by atoms with Gasteiger partial charge < -0.3 is 10.5 Å². The highest BCUT2D eigenvalue weighted by atomic mass is 79.9. The topological polar surface area (TPSA) is 59.1 Å². The van der Waals surface area contributed by atoms with Gasteiger partial charge in [-0.3, -0.25) is 5.41 Å². The summed E-state index contributed by atoms with van der Waals surface area (Å²) >= 11 is 5.20. The Labute approximate surface area is 131 Å². The second kappa shape index (κ2) is 6.81. The van der Waals surface area contributed by atoms with Crippen LogP contribution < -0.4 is 10.5 Å². The molecule has 2 rings (SSSR count). The number of amidine groups is 1. The van der Waals surface area contributed by atoms with E-state index >= 15 is 0 Å². The Morgan fingerprint density at radius 3 is 2.75 bits per heavy atom. The fraction of sp³-hybridized carbons (Fsp3) is 0.133. The van der Waals surface area contributed by atoms with Crippen LogP contribution in [0, 0.1) is 5.41 Å². The van der Waals surface area contributed by atoms with Gasteiger partial charge >= 0.3 is 0 Å². The van der Waals surface area contributed by atoms with E-state index in [2.05, 4.69) is 28.1 Å². The van der Waals surface area contributed by atoms with Gasteiger partial charge in [0.25, 0.3) is 0 Å².